The van der Waals surface area contributed by atoms with Crippen LogP contribution >= 0.6 is 0 Å². The highest BCUT2D eigenvalue weighted by molar-refractivity contribution is 7.93. The van der Waals surface area contributed by atoms with Gasteiger partial charge in [-0.15, -0.1) is 0 Å². The van der Waals surface area contributed by atoms with Gasteiger partial charge in [0.25, 0.3) is 0 Å². The summed E-state index contributed by atoms with van der Waals surface area (Å²) in [5.74, 6) is 2.19. The lowest BCUT2D eigenvalue weighted by molar-refractivity contribution is 0.0408. The summed E-state index contributed by atoms with van der Waals surface area (Å²) in [6.45, 7) is 4.27. The standard InChI is InChI=1S/C10H17NO2S/c1-7-2-8(3-7)4-11-5-10-9(11)6-14(10,12)13/h7-10H,2-6H2,1H3. The van der Waals surface area contributed by atoms with Gasteiger partial charge in [0.05, 0.1) is 11.0 Å². The molecule has 2 saturated heterocycles. The minimum absolute atomic E-state index is 0.0139. The molecular formula is C10H17NO2S. The Labute approximate surface area is 85.4 Å². The van der Waals surface area contributed by atoms with Gasteiger partial charge >= 0.3 is 0 Å². The number of hydrogen-bond donors (Lipinski definition) is 0. The first-order valence-electron chi connectivity index (χ1n) is 5.52. The van der Waals surface area contributed by atoms with E-state index in [2.05, 4.69) is 11.8 Å². The highest BCUT2D eigenvalue weighted by Gasteiger charge is 2.57. The summed E-state index contributed by atoms with van der Waals surface area (Å²) < 4.78 is 22.4. The molecule has 2 aliphatic heterocycles. The molecule has 0 aromatic rings. The van der Waals surface area contributed by atoms with Crippen molar-refractivity contribution in [2.24, 2.45) is 11.8 Å². The van der Waals surface area contributed by atoms with Crippen molar-refractivity contribution in [3.05, 3.63) is 0 Å². The second-order valence-corrected chi connectivity index (χ2v) is 7.60. The van der Waals surface area contributed by atoms with Crippen LogP contribution in [-0.4, -0.2) is 43.5 Å². The number of sulfone groups is 1. The molecule has 14 heavy (non-hydrogen) atoms. The van der Waals surface area contributed by atoms with Gasteiger partial charge in [-0.2, -0.15) is 0 Å². The van der Waals surface area contributed by atoms with Crippen LogP contribution < -0.4 is 0 Å². The second kappa shape index (κ2) is 2.73. The molecule has 0 spiro atoms. The van der Waals surface area contributed by atoms with Gasteiger partial charge in [0.15, 0.2) is 9.84 Å². The fraction of sp³-hybridized carbons (Fsp3) is 1.00. The van der Waals surface area contributed by atoms with Crippen LogP contribution in [0, 0.1) is 11.8 Å². The summed E-state index contributed by atoms with van der Waals surface area (Å²) >= 11 is 0. The van der Waals surface area contributed by atoms with Gasteiger partial charge in [0.2, 0.25) is 0 Å². The first-order valence-corrected chi connectivity index (χ1v) is 7.23. The van der Waals surface area contributed by atoms with E-state index < -0.39 is 9.84 Å². The third kappa shape index (κ3) is 1.16. The molecule has 3 nitrogen and oxygen atoms in total. The van der Waals surface area contributed by atoms with E-state index in [4.69, 9.17) is 0 Å². The summed E-state index contributed by atoms with van der Waals surface area (Å²) in [7, 11) is -2.63. The summed E-state index contributed by atoms with van der Waals surface area (Å²) in [5, 5.41) is 0.0139. The fourth-order valence-electron chi connectivity index (χ4n) is 3.15. The van der Waals surface area contributed by atoms with Crippen molar-refractivity contribution in [1.82, 2.24) is 4.90 Å². The molecule has 0 amide bonds. The third-order valence-corrected chi connectivity index (χ3v) is 6.33. The number of rotatable bonds is 2. The molecule has 2 unspecified atom stereocenters. The molecule has 3 fully saturated rings. The lowest BCUT2D eigenvalue weighted by Gasteiger charge is -2.56. The van der Waals surface area contributed by atoms with Gasteiger partial charge in [-0.1, -0.05) is 6.92 Å². The van der Waals surface area contributed by atoms with Crippen molar-refractivity contribution < 1.29 is 8.42 Å². The monoisotopic (exact) mass is 215 g/mol. The summed E-state index contributed by atoms with van der Waals surface area (Å²) in [6, 6.07) is 0.399. The summed E-state index contributed by atoms with van der Waals surface area (Å²) in [4.78, 5) is 2.38. The van der Waals surface area contributed by atoms with Crippen LogP contribution in [0.4, 0.5) is 0 Å². The zero-order chi connectivity index (χ0) is 9.92. The Bertz CT molecular complexity index is 345. The summed E-state index contributed by atoms with van der Waals surface area (Å²) in [5.41, 5.74) is 0. The quantitative estimate of drug-likeness (QED) is 0.673. The Hall–Kier alpha value is -0.0900. The first-order chi connectivity index (χ1) is 6.56. The largest absolute Gasteiger partial charge is 0.296 e. The van der Waals surface area contributed by atoms with Crippen LogP contribution in [0.25, 0.3) is 0 Å². The molecule has 1 saturated carbocycles. The maximum atomic E-state index is 11.2. The lowest BCUT2D eigenvalue weighted by atomic mass is 9.75. The highest BCUT2D eigenvalue weighted by atomic mass is 32.2. The van der Waals surface area contributed by atoms with Crippen molar-refractivity contribution in [3.63, 3.8) is 0 Å². The van der Waals surface area contributed by atoms with E-state index in [0.717, 1.165) is 24.9 Å². The average Bonchev–Trinajstić information content (AvgIpc) is 2.04. The van der Waals surface area contributed by atoms with Crippen LogP contribution in [0.5, 0.6) is 0 Å². The van der Waals surface area contributed by atoms with Crippen molar-refractivity contribution in [2.75, 3.05) is 18.8 Å². The van der Waals surface area contributed by atoms with Gasteiger partial charge in [0, 0.05) is 19.1 Å². The maximum absolute atomic E-state index is 11.2. The smallest absolute Gasteiger partial charge is 0.157 e. The summed E-state index contributed by atoms with van der Waals surface area (Å²) in [6.07, 6.45) is 2.70. The van der Waals surface area contributed by atoms with Crippen LogP contribution in [0.2, 0.25) is 0 Å². The number of likely N-dealkylation sites (tertiary alicyclic amines) is 1. The molecule has 0 bridgehead atoms. The van der Waals surface area contributed by atoms with Crippen molar-refractivity contribution >= 4 is 9.84 Å². The molecule has 2 atom stereocenters. The highest BCUT2D eigenvalue weighted by Crippen LogP contribution is 2.40. The van der Waals surface area contributed by atoms with E-state index >= 15 is 0 Å². The molecule has 80 valence electrons. The Morgan fingerprint density at radius 2 is 2.07 bits per heavy atom. The van der Waals surface area contributed by atoms with Crippen LogP contribution in [-0.2, 0) is 9.84 Å². The van der Waals surface area contributed by atoms with E-state index in [-0.39, 0.29) is 5.25 Å². The number of fused-ring (bicyclic) bond motifs is 1. The second-order valence-electron chi connectivity index (χ2n) is 5.33. The van der Waals surface area contributed by atoms with Gasteiger partial charge in [-0.05, 0) is 24.7 Å². The zero-order valence-corrected chi connectivity index (χ0v) is 9.33. The van der Waals surface area contributed by atoms with Crippen molar-refractivity contribution in [1.29, 1.82) is 0 Å². The van der Waals surface area contributed by atoms with Crippen LogP contribution in [0.1, 0.15) is 19.8 Å². The Morgan fingerprint density at radius 1 is 1.36 bits per heavy atom. The molecule has 2 heterocycles. The van der Waals surface area contributed by atoms with E-state index in [1.54, 1.807) is 0 Å². The van der Waals surface area contributed by atoms with Crippen LogP contribution in [0.3, 0.4) is 0 Å². The molecule has 0 radical (unpaired) electrons. The minimum atomic E-state index is -2.63. The zero-order valence-electron chi connectivity index (χ0n) is 8.52. The molecule has 0 aromatic heterocycles. The van der Waals surface area contributed by atoms with E-state index in [0.29, 0.717) is 11.8 Å². The predicted molar refractivity (Wildman–Crippen MR) is 54.8 cm³/mol. The van der Waals surface area contributed by atoms with Gasteiger partial charge in [0.1, 0.15) is 0 Å². The Morgan fingerprint density at radius 3 is 2.50 bits per heavy atom. The SMILES string of the molecule is CC1CC(CN2CC3C2CS3(=O)=O)C1. The van der Waals surface area contributed by atoms with Gasteiger partial charge in [-0.25, -0.2) is 8.42 Å². The molecular weight excluding hydrogens is 198 g/mol. The molecule has 3 rings (SSSR count). The minimum Gasteiger partial charge on any atom is -0.296 e. The van der Waals surface area contributed by atoms with E-state index in [1.807, 2.05) is 0 Å². The molecule has 0 aromatic carbocycles. The van der Waals surface area contributed by atoms with Gasteiger partial charge < -0.3 is 0 Å². The van der Waals surface area contributed by atoms with Crippen molar-refractivity contribution in [3.8, 4) is 0 Å². The first kappa shape index (κ1) is 9.16. The Balaban J connectivity index is 1.51. The Kier molecular flexibility index (Phi) is 1.78. The molecule has 0 N–H and O–H groups in total. The molecule has 1 aliphatic carbocycles. The molecule has 4 heteroatoms. The average molecular weight is 215 g/mol. The third-order valence-electron chi connectivity index (χ3n) is 4.14. The van der Waals surface area contributed by atoms with E-state index in [9.17, 15) is 8.42 Å². The molecule has 3 aliphatic rings. The number of hydrogen-bond acceptors (Lipinski definition) is 3. The maximum Gasteiger partial charge on any atom is 0.157 e. The van der Waals surface area contributed by atoms with E-state index in [1.165, 1.54) is 12.8 Å². The van der Waals surface area contributed by atoms with Gasteiger partial charge in [-0.3, -0.25) is 4.90 Å². The fourth-order valence-corrected chi connectivity index (χ4v) is 5.12. The van der Waals surface area contributed by atoms with Crippen LogP contribution in [0.15, 0.2) is 0 Å². The topological polar surface area (TPSA) is 37.4 Å². The lowest BCUT2D eigenvalue weighted by Crippen LogP contribution is -2.74. The van der Waals surface area contributed by atoms with Crippen molar-refractivity contribution in [2.45, 2.75) is 31.1 Å². The predicted octanol–water partition coefficient (Wildman–Crippen LogP) is 0.514. The number of nitrogens with zero attached hydrogens (tertiary/aromatic N) is 1. The normalized spacial score (nSPS) is 49.8.